The predicted molar refractivity (Wildman–Crippen MR) is 129 cm³/mol. The number of carbonyl (C=O) groups excluding carboxylic acids is 1. The molecular formula is C23H23IN2O3S. The van der Waals surface area contributed by atoms with Crippen LogP contribution in [0.4, 0.5) is 5.69 Å². The lowest BCUT2D eigenvalue weighted by atomic mass is 9.98. The standard InChI is InChI=1S/C23H23IN2O3S/c1-17-8-10-19(11-9-17)23(18-6-4-3-5-7-18)25-22(27)16-26(30(2,28)29)21-14-12-20(24)13-15-21/h3-15,23H,16H2,1-2H3,(H,25,27)/t23-/m1/s1. The second-order valence-corrected chi connectivity index (χ2v) is 10.2. The van der Waals surface area contributed by atoms with Crippen molar-refractivity contribution in [3.05, 3.63) is 99.1 Å². The highest BCUT2D eigenvalue weighted by Gasteiger charge is 2.23. The van der Waals surface area contributed by atoms with Gasteiger partial charge in [0.1, 0.15) is 6.54 Å². The summed E-state index contributed by atoms with van der Waals surface area (Å²) < 4.78 is 26.8. The van der Waals surface area contributed by atoms with E-state index in [0.29, 0.717) is 5.69 Å². The number of halogens is 1. The third kappa shape index (κ3) is 5.82. The first-order chi connectivity index (χ1) is 14.2. The van der Waals surface area contributed by atoms with Gasteiger partial charge in [-0.15, -0.1) is 0 Å². The number of hydrogen-bond donors (Lipinski definition) is 1. The molecule has 0 aliphatic heterocycles. The van der Waals surface area contributed by atoms with Crippen LogP contribution in [0.15, 0.2) is 78.9 Å². The topological polar surface area (TPSA) is 66.5 Å². The Morgan fingerprint density at radius 1 is 0.933 bits per heavy atom. The molecule has 1 N–H and O–H groups in total. The number of amides is 1. The minimum atomic E-state index is -3.63. The Morgan fingerprint density at radius 2 is 1.50 bits per heavy atom. The molecule has 1 atom stereocenters. The lowest BCUT2D eigenvalue weighted by Gasteiger charge is -2.25. The largest absolute Gasteiger partial charge is 0.344 e. The fourth-order valence-electron chi connectivity index (χ4n) is 3.11. The summed E-state index contributed by atoms with van der Waals surface area (Å²) in [5, 5.41) is 3.01. The SMILES string of the molecule is Cc1ccc([C@H](NC(=O)CN(c2ccc(I)cc2)S(C)(=O)=O)c2ccccc2)cc1. The molecule has 0 radical (unpaired) electrons. The van der Waals surface area contributed by atoms with Gasteiger partial charge in [-0.05, 0) is 64.9 Å². The molecular weight excluding hydrogens is 511 g/mol. The summed E-state index contributed by atoms with van der Waals surface area (Å²) in [5.41, 5.74) is 3.44. The quantitative estimate of drug-likeness (QED) is 0.461. The highest BCUT2D eigenvalue weighted by atomic mass is 127. The first kappa shape index (κ1) is 22.3. The molecule has 0 saturated carbocycles. The van der Waals surface area contributed by atoms with E-state index in [-0.39, 0.29) is 18.5 Å². The Hall–Kier alpha value is -2.39. The zero-order valence-electron chi connectivity index (χ0n) is 16.7. The molecule has 3 aromatic rings. The van der Waals surface area contributed by atoms with Gasteiger partial charge in [0.15, 0.2) is 0 Å². The Kier molecular flexibility index (Phi) is 7.14. The Morgan fingerprint density at radius 3 is 2.07 bits per heavy atom. The maximum atomic E-state index is 12.9. The van der Waals surface area contributed by atoms with E-state index in [1.54, 1.807) is 12.1 Å². The van der Waals surface area contributed by atoms with E-state index in [1.807, 2.05) is 73.7 Å². The second kappa shape index (κ2) is 9.61. The third-order valence-electron chi connectivity index (χ3n) is 4.65. The molecule has 0 bridgehead atoms. The number of sulfonamides is 1. The molecule has 1 amide bonds. The average Bonchev–Trinajstić information content (AvgIpc) is 2.72. The molecule has 0 aliphatic rings. The molecule has 0 unspecified atom stereocenters. The van der Waals surface area contributed by atoms with Crippen LogP contribution >= 0.6 is 22.6 Å². The molecule has 5 nitrogen and oxygen atoms in total. The summed E-state index contributed by atoms with van der Waals surface area (Å²) in [6, 6.07) is 24.2. The summed E-state index contributed by atoms with van der Waals surface area (Å²) in [6.45, 7) is 1.71. The normalized spacial score (nSPS) is 12.2. The van der Waals surface area contributed by atoms with Crippen molar-refractivity contribution in [2.75, 3.05) is 17.1 Å². The van der Waals surface area contributed by atoms with E-state index in [9.17, 15) is 13.2 Å². The van der Waals surface area contributed by atoms with Crippen LogP contribution in [0.25, 0.3) is 0 Å². The van der Waals surface area contributed by atoms with Crippen LogP contribution in [-0.4, -0.2) is 27.1 Å². The van der Waals surface area contributed by atoms with Crippen LogP contribution in [0, 0.1) is 10.5 Å². The zero-order valence-corrected chi connectivity index (χ0v) is 19.7. The van der Waals surface area contributed by atoms with Crippen molar-refractivity contribution in [2.24, 2.45) is 0 Å². The Bertz CT molecular complexity index is 1100. The van der Waals surface area contributed by atoms with Crippen molar-refractivity contribution in [1.29, 1.82) is 0 Å². The fourth-order valence-corrected chi connectivity index (χ4v) is 4.32. The molecule has 3 aromatic carbocycles. The van der Waals surface area contributed by atoms with Crippen molar-refractivity contribution >= 4 is 44.2 Å². The highest BCUT2D eigenvalue weighted by Crippen LogP contribution is 2.23. The minimum absolute atomic E-state index is 0.297. The third-order valence-corrected chi connectivity index (χ3v) is 6.51. The fraction of sp³-hybridized carbons (Fsp3) is 0.174. The van der Waals surface area contributed by atoms with Crippen molar-refractivity contribution in [3.8, 4) is 0 Å². The maximum Gasteiger partial charge on any atom is 0.241 e. The van der Waals surface area contributed by atoms with Gasteiger partial charge < -0.3 is 5.32 Å². The first-order valence-corrected chi connectivity index (χ1v) is 12.3. The number of rotatable bonds is 7. The van der Waals surface area contributed by atoms with Crippen LogP contribution in [0.5, 0.6) is 0 Å². The summed E-state index contributed by atoms with van der Waals surface area (Å²) >= 11 is 2.15. The van der Waals surface area contributed by atoms with Gasteiger partial charge in [-0.25, -0.2) is 8.42 Å². The van der Waals surface area contributed by atoms with Crippen molar-refractivity contribution in [2.45, 2.75) is 13.0 Å². The van der Waals surface area contributed by atoms with Crippen LogP contribution in [0.2, 0.25) is 0 Å². The van der Waals surface area contributed by atoms with Crippen molar-refractivity contribution in [1.82, 2.24) is 5.32 Å². The second-order valence-electron chi connectivity index (χ2n) is 7.07. The summed E-state index contributed by atoms with van der Waals surface area (Å²) in [7, 11) is -3.63. The van der Waals surface area contributed by atoms with E-state index in [0.717, 1.165) is 30.8 Å². The molecule has 0 saturated heterocycles. The number of hydrogen-bond acceptors (Lipinski definition) is 3. The van der Waals surface area contributed by atoms with E-state index >= 15 is 0 Å². The van der Waals surface area contributed by atoms with E-state index in [2.05, 4.69) is 27.9 Å². The Balaban J connectivity index is 1.87. The number of anilines is 1. The van der Waals surface area contributed by atoms with Gasteiger partial charge in [0.05, 0.1) is 18.0 Å². The molecule has 0 aromatic heterocycles. The van der Waals surface area contributed by atoms with Crippen molar-refractivity contribution in [3.63, 3.8) is 0 Å². The van der Waals surface area contributed by atoms with Gasteiger partial charge in [-0.2, -0.15) is 0 Å². The van der Waals surface area contributed by atoms with Gasteiger partial charge in [0, 0.05) is 3.57 Å². The predicted octanol–water partition coefficient (Wildman–Crippen LogP) is 4.27. The molecule has 0 spiro atoms. The molecule has 0 fully saturated rings. The van der Waals surface area contributed by atoms with Gasteiger partial charge in [0.25, 0.3) is 0 Å². The van der Waals surface area contributed by atoms with Crippen LogP contribution in [-0.2, 0) is 14.8 Å². The van der Waals surface area contributed by atoms with E-state index in [1.165, 1.54) is 0 Å². The number of carbonyl (C=O) groups is 1. The molecule has 0 aliphatic carbocycles. The lowest BCUT2D eigenvalue weighted by Crippen LogP contribution is -2.41. The minimum Gasteiger partial charge on any atom is -0.344 e. The van der Waals surface area contributed by atoms with E-state index in [4.69, 9.17) is 0 Å². The lowest BCUT2D eigenvalue weighted by molar-refractivity contribution is -0.120. The number of nitrogens with zero attached hydrogens (tertiary/aromatic N) is 1. The number of aryl methyl sites for hydroxylation is 1. The van der Waals surface area contributed by atoms with Gasteiger partial charge in [-0.1, -0.05) is 60.2 Å². The molecule has 30 heavy (non-hydrogen) atoms. The summed E-state index contributed by atoms with van der Waals surface area (Å²) in [5.74, 6) is -0.381. The van der Waals surface area contributed by atoms with Crippen LogP contribution in [0.1, 0.15) is 22.7 Å². The summed E-state index contributed by atoms with van der Waals surface area (Å²) in [4.78, 5) is 12.9. The number of nitrogens with one attached hydrogen (secondary N) is 1. The van der Waals surface area contributed by atoms with Gasteiger partial charge in [0.2, 0.25) is 15.9 Å². The maximum absolute atomic E-state index is 12.9. The van der Waals surface area contributed by atoms with Crippen molar-refractivity contribution < 1.29 is 13.2 Å². The smallest absolute Gasteiger partial charge is 0.241 e. The van der Waals surface area contributed by atoms with Gasteiger partial charge in [-0.3, -0.25) is 9.10 Å². The van der Waals surface area contributed by atoms with Gasteiger partial charge >= 0.3 is 0 Å². The monoisotopic (exact) mass is 534 g/mol. The highest BCUT2D eigenvalue weighted by molar-refractivity contribution is 14.1. The van der Waals surface area contributed by atoms with Crippen LogP contribution in [0.3, 0.4) is 0 Å². The van der Waals surface area contributed by atoms with E-state index < -0.39 is 10.0 Å². The summed E-state index contributed by atoms with van der Waals surface area (Å²) in [6.07, 6.45) is 1.10. The molecule has 7 heteroatoms. The average molecular weight is 534 g/mol. The van der Waals surface area contributed by atoms with Crippen LogP contribution < -0.4 is 9.62 Å². The number of benzene rings is 3. The molecule has 156 valence electrons. The zero-order chi connectivity index (χ0) is 21.7. The molecule has 0 heterocycles. The molecule has 3 rings (SSSR count). The Labute approximate surface area is 191 Å². The first-order valence-electron chi connectivity index (χ1n) is 9.38.